The standard InChI is InChI=1S/C13H18N2O3/c1-3-15(10-4-5-10)12(16)8-14-7-6-11(9(14)2)13(17)18/h6-7,10H,3-5,8H2,1-2H3,(H,17,18). The highest BCUT2D eigenvalue weighted by molar-refractivity contribution is 5.89. The summed E-state index contributed by atoms with van der Waals surface area (Å²) in [5.74, 6) is -0.885. The molecule has 0 saturated heterocycles. The van der Waals surface area contributed by atoms with Crippen LogP contribution in [-0.2, 0) is 11.3 Å². The quantitative estimate of drug-likeness (QED) is 0.861. The fourth-order valence-corrected chi connectivity index (χ4v) is 2.21. The summed E-state index contributed by atoms with van der Waals surface area (Å²) in [6, 6.07) is 1.94. The van der Waals surface area contributed by atoms with Gasteiger partial charge >= 0.3 is 5.97 Å². The molecule has 0 radical (unpaired) electrons. The van der Waals surface area contributed by atoms with Gasteiger partial charge in [-0.05, 0) is 32.8 Å². The van der Waals surface area contributed by atoms with Crippen LogP contribution in [0.25, 0.3) is 0 Å². The van der Waals surface area contributed by atoms with Crippen LogP contribution < -0.4 is 0 Å². The Kier molecular flexibility index (Phi) is 3.41. The molecule has 0 unspecified atom stereocenters. The van der Waals surface area contributed by atoms with E-state index in [2.05, 4.69) is 0 Å². The van der Waals surface area contributed by atoms with Gasteiger partial charge in [0.1, 0.15) is 6.54 Å². The summed E-state index contributed by atoms with van der Waals surface area (Å²) >= 11 is 0. The Labute approximate surface area is 106 Å². The molecule has 1 aromatic rings. The molecule has 1 aliphatic carbocycles. The summed E-state index contributed by atoms with van der Waals surface area (Å²) < 4.78 is 1.71. The summed E-state index contributed by atoms with van der Waals surface area (Å²) in [4.78, 5) is 24.9. The van der Waals surface area contributed by atoms with E-state index in [1.54, 1.807) is 23.8 Å². The minimum Gasteiger partial charge on any atom is -0.478 e. The van der Waals surface area contributed by atoms with E-state index >= 15 is 0 Å². The van der Waals surface area contributed by atoms with E-state index in [4.69, 9.17) is 5.11 Å². The summed E-state index contributed by atoms with van der Waals surface area (Å²) in [7, 11) is 0. The monoisotopic (exact) mass is 250 g/mol. The van der Waals surface area contributed by atoms with Gasteiger partial charge in [-0.15, -0.1) is 0 Å². The molecule has 98 valence electrons. The van der Waals surface area contributed by atoms with E-state index in [-0.39, 0.29) is 18.0 Å². The third-order valence-corrected chi connectivity index (χ3v) is 3.43. The van der Waals surface area contributed by atoms with Crippen LogP contribution in [0.1, 0.15) is 35.8 Å². The highest BCUT2D eigenvalue weighted by atomic mass is 16.4. The second kappa shape index (κ2) is 4.84. The summed E-state index contributed by atoms with van der Waals surface area (Å²) in [5, 5.41) is 8.96. The average Bonchev–Trinajstić information content (AvgIpc) is 3.06. The molecule has 1 aliphatic rings. The van der Waals surface area contributed by atoms with Crippen molar-refractivity contribution in [1.29, 1.82) is 0 Å². The molecule has 1 aromatic heterocycles. The topological polar surface area (TPSA) is 62.5 Å². The molecule has 0 spiro atoms. The van der Waals surface area contributed by atoms with Crippen LogP contribution in [0.2, 0.25) is 0 Å². The predicted octanol–water partition coefficient (Wildman–Crippen LogP) is 1.51. The van der Waals surface area contributed by atoms with Crippen molar-refractivity contribution >= 4 is 11.9 Å². The van der Waals surface area contributed by atoms with Crippen molar-refractivity contribution in [3.63, 3.8) is 0 Å². The number of aromatic nitrogens is 1. The molecule has 0 bridgehead atoms. The Hall–Kier alpha value is -1.78. The first-order valence-corrected chi connectivity index (χ1v) is 6.23. The minimum absolute atomic E-state index is 0.0654. The van der Waals surface area contributed by atoms with Gasteiger partial charge < -0.3 is 14.6 Å². The summed E-state index contributed by atoms with van der Waals surface area (Å²) in [5.41, 5.74) is 0.889. The number of nitrogens with zero attached hydrogens (tertiary/aromatic N) is 2. The molecule has 1 N–H and O–H groups in total. The van der Waals surface area contributed by atoms with Gasteiger partial charge in [-0.1, -0.05) is 0 Å². The third kappa shape index (κ3) is 2.39. The maximum Gasteiger partial charge on any atom is 0.337 e. The van der Waals surface area contributed by atoms with Gasteiger partial charge in [0.25, 0.3) is 0 Å². The van der Waals surface area contributed by atoms with Crippen LogP contribution in [0.3, 0.4) is 0 Å². The number of amides is 1. The lowest BCUT2D eigenvalue weighted by Crippen LogP contribution is -2.35. The van der Waals surface area contributed by atoms with Crippen molar-refractivity contribution in [3.8, 4) is 0 Å². The van der Waals surface area contributed by atoms with Gasteiger partial charge in [0.05, 0.1) is 5.56 Å². The largest absolute Gasteiger partial charge is 0.478 e. The highest BCUT2D eigenvalue weighted by Gasteiger charge is 2.31. The van der Waals surface area contributed by atoms with E-state index < -0.39 is 5.97 Å². The first kappa shape index (κ1) is 12.7. The second-order valence-corrected chi connectivity index (χ2v) is 4.66. The zero-order chi connectivity index (χ0) is 13.3. The number of likely N-dealkylation sites (N-methyl/N-ethyl adjacent to an activating group) is 1. The lowest BCUT2D eigenvalue weighted by Gasteiger charge is -2.21. The molecule has 1 fully saturated rings. The van der Waals surface area contributed by atoms with Crippen LogP contribution in [0.4, 0.5) is 0 Å². The number of rotatable bonds is 5. The second-order valence-electron chi connectivity index (χ2n) is 4.66. The van der Waals surface area contributed by atoms with Crippen LogP contribution in [0.5, 0.6) is 0 Å². The van der Waals surface area contributed by atoms with E-state index in [0.717, 1.165) is 19.4 Å². The summed E-state index contributed by atoms with van der Waals surface area (Å²) in [6.07, 6.45) is 3.84. The third-order valence-electron chi connectivity index (χ3n) is 3.43. The van der Waals surface area contributed by atoms with E-state index in [0.29, 0.717) is 11.7 Å². The average molecular weight is 250 g/mol. The molecular weight excluding hydrogens is 232 g/mol. The zero-order valence-electron chi connectivity index (χ0n) is 10.7. The summed E-state index contributed by atoms with van der Waals surface area (Å²) in [6.45, 7) is 4.64. The van der Waals surface area contributed by atoms with Gasteiger partial charge in [0, 0.05) is 24.5 Å². The SMILES string of the molecule is CCN(C(=O)Cn1ccc(C(=O)O)c1C)C1CC1. The zero-order valence-corrected chi connectivity index (χ0v) is 10.7. The van der Waals surface area contributed by atoms with Gasteiger partial charge in [-0.25, -0.2) is 4.79 Å². The molecule has 2 rings (SSSR count). The number of carboxylic acid groups (broad SMARTS) is 1. The van der Waals surface area contributed by atoms with Crippen molar-refractivity contribution in [2.45, 2.75) is 39.3 Å². The van der Waals surface area contributed by atoms with Gasteiger partial charge in [0.15, 0.2) is 0 Å². The maximum atomic E-state index is 12.1. The van der Waals surface area contributed by atoms with E-state index in [1.165, 1.54) is 0 Å². The molecule has 1 amide bonds. The molecule has 0 aromatic carbocycles. The smallest absolute Gasteiger partial charge is 0.337 e. The van der Waals surface area contributed by atoms with Crippen molar-refractivity contribution in [2.75, 3.05) is 6.54 Å². The van der Waals surface area contributed by atoms with Gasteiger partial charge in [0.2, 0.25) is 5.91 Å². The Balaban J connectivity index is 2.09. The van der Waals surface area contributed by atoms with Crippen molar-refractivity contribution in [2.24, 2.45) is 0 Å². The first-order valence-electron chi connectivity index (χ1n) is 6.23. The first-order chi connectivity index (χ1) is 8.54. The van der Waals surface area contributed by atoms with E-state index in [1.807, 2.05) is 11.8 Å². The maximum absolute atomic E-state index is 12.1. The van der Waals surface area contributed by atoms with E-state index in [9.17, 15) is 9.59 Å². The molecule has 18 heavy (non-hydrogen) atoms. The molecule has 5 heteroatoms. The molecule has 1 heterocycles. The molecule has 5 nitrogen and oxygen atoms in total. The van der Waals surface area contributed by atoms with Gasteiger partial charge in [-0.2, -0.15) is 0 Å². The van der Waals surface area contributed by atoms with Crippen molar-refractivity contribution in [1.82, 2.24) is 9.47 Å². The van der Waals surface area contributed by atoms with Gasteiger partial charge in [-0.3, -0.25) is 4.79 Å². The van der Waals surface area contributed by atoms with Crippen LogP contribution in [0, 0.1) is 6.92 Å². The van der Waals surface area contributed by atoms with Crippen LogP contribution in [-0.4, -0.2) is 39.0 Å². The van der Waals surface area contributed by atoms with Crippen molar-refractivity contribution < 1.29 is 14.7 Å². The number of carbonyl (C=O) groups excluding carboxylic acids is 1. The number of carbonyl (C=O) groups is 2. The Morgan fingerprint density at radius 2 is 2.17 bits per heavy atom. The van der Waals surface area contributed by atoms with Crippen LogP contribution in [0.15, 0.2) is 12.3 Å². The number of carboxylic acids is 1. The number of hydrogen-bond acceptors (Lipinski definition) is 2. The fourth-order valence-electron chi connectivity index (χ4n) is 2.21. The van der Waals surface area contributed by atoms with Crippen LogP contribution >= 0.6 is 0 Å². The van der Waals surface area contributed by atoms with Crippen molar-refractivity contribution in [3.05, 3.63) is 23.5 Å². The molecule has 1 saturated carbocycles. The predicted molar refractivity (Wildman–Crippen MR) is 66.5 cm³/mol. The number of aromatic carboxylic acids is 1. The fraction of sp³-hybridized carbons (Fsp3) is 0.538. The lowest BCUT2D eigenvalue weighted by molar-refractivity contribution is -0.132. The molecule has 0 atom stereocenters. The highest BCUT2D eigenvalue weighted by Crippen LogP contribution is 2.26. The molecular formula is C13H18N2O3. The lowest BCUT2D eigenvalue weighted by atomic mass is 10.2. The Bertz CT molecular complexity index is 475. The normalized spacial score (nSPS) is 14.6. The number of hydrogen-bond donors (Lipinski definition) is 1. The Morgan fingerprint density at radius 3 is 2.61 bits per heavy atom. The minimum atomic E-state index is -0.951. The Morgan fingerprint density at radius 1 is 1.50 bits per heavy atom. The molecule has 0 aliphatic heterocycles.